The highest BCUT2D eigenvalue weighted by atomic mass is 32.2. The van der Waals surface area contributed by atoms with E-state index < -0.39 is 15.9 Å². The van der Waals surface area contributed by atoms with Crippen molar-refractivity contribution in [1.82, 2.24) is 4.90 Å². The maximum atomic E-state index is 12.8. The Hall–Kier alpha value is -2.87. The van der Waals surface area contributed by atoms with Crippen LogP contribution in [-0.2, 0) is 26.2 Å². The van der Waals surface area contributed by atoms with Crippen molar-refractivity contribution in [1.29, 1.82) is 0 Å². The lowest BCUT2D eigenvalue weighted by Crippen LogP contribution is -2.28. The van der Waals surface area contributed by atoms with Gasteiger partial charge in [0.1, 0.15) is 0 Å². The second-order valence-corrected chi connectivity index (χ2v) is 9.89. The Balaban J connectivity index is 1.66. The Kier molecular flexibility index (Phi) is 7.00. The lowest BCUT2D eigenvalue weighted by molar-refractivity contribution is -0.128. The summed E-state index contributed by atoms with van der Waals surface area (Å²) in [4.78, 5) is 27.0. The molecule has 2 aromatic rings. The molecule has 7 nitrogen and oxygen atoms in total. The van der Waals surface area contributed by atoms with Gasteiger partial charge in [-0.3, -0.25) is 14.3 Å². The molecule has 1 aliphatic rings. The Labute approximate surface area is 183 Å². The highest BCUT2D eigenvalue weighted by Crippen LogP contribution is 2.27. The number of nitrogens with zero attached hydrogens (tertiary/aromatic N) is 1. The summed E-state index contributed by atoms with van der Waals surface area (Å²) in [5, 5.41) is 2.87. The smallest absolute Gasteiger partial charge is 0.232 e. The third-order valence-corrected chi connectivity index (χ3v) is 6.89. The lowest BCUT2D eigenvalue weighted by atomic mass is 10.1. The van der Waals surface area contributed by atoms with Gasteiger partial charge < -0.3 is 10.2 Å². The van der Waals surface area contributed by atoms with Gasteiger partial charge in [0.2, 0.25) is 21.8 Å². The molecule has 2 N–H and O–H groups in total. The van der Waals surface area contributed by atoms with Crippen LogP contribution in [0, 0.1) is 19.8 Å². The van der Waals surface area contributed by atoms with Gasteiger partial charge in [0.05, 0.1) is 17.4 Å². The van der Waals surface area contributed by atoms with Crippen LogP contribution in [0.1, 0.15) is 36.5 Å². The van der Waals surface area contributed by atoms with Gasteiger partial charge in [0.15, 0.2) is 0 Å². The summed E-state index contributed by atoms with van der Waals surface area (Å²) in [5.41, 5.74) is 3.79. The number of aryl methyl sites for hydroxylation is 1. The second-order valence-electron chi connectivity index (χ2n) is 8.05. The summed E-state index contributed by atoms with van der Waals surface area (Å²) in [6, 6.07) is 13.1. The molecule has 0 spiro atoms. The molecule has 0 radical (unpaired) electrons. The first-order valence-corrected chi connectivity index (χ1v) is 12.1. The van der Waals surface area contributed by atoms with Crippen molar-refractivity contribution in [2.45, 2.75) is 40.2 Å². The van der Waals surface area contributed by atoms with E-state index in [1.807, 2.05) is 31.2 Å². The summed E-state index contributed by atoms with van der Waals surface area (Å²) >= 11 is 0. The monoisotopic (exact) mass is 443 g/mol. The molecule has 1 heterocycles. The van der Waals surface area contributed by atoms with E-state index in [-0.39, 0.29) is 24.0 Å². The highest BCUT2D eigenvalue weighted by Gasteiger charge is 2.34. The fourth-order valence-electron chi connectivity index (χ4n) is 3.62. The number of carbonyl (C=O) groups is 2. The van der Waals surface area contributed by atoms with Gasteiger partial charge in [0.25, 0.3) is 0 Å². The predicted octanol–water partition coefficient (Wildman–Crippen LogP) is 3.44. The number of hydrogen-bond donors (Lipinski definition) is 2. The number of sulfonamides is 1. The van der Waals surface area contributed by atoms with Crippen molar-refractivity contribution in [3.8, 4) is 0 Å². The second kappa shape index (κ2) is 9.51. The third-order valence-electron chi connectivity index (χ3n) is 5.41. The molecule has 0 saturated carbocycles. The van der Waals surface area contributed by atoms with Crippen LogP contribution in [0.5, 0.6) is 0 Å². The van der Waals surface area contributed by atoms with Gasteiger partial charge in [0, 0.05) is 25.2 Å². The van der Waals surface area contributed by atoms with Crippen LogP contribution in [0.2, 0.25) is 0 Å². The van der Waals surface area contributed by atoms with E-state index in [1.54, 1.807) is 36.9 Å². The Bertz CT molecular complexity index is 1060. The van der Waals surface area contributed by atoms with Crippen molar-refractivity contribution < 1.29 is 18.0 Å². The van der Waals surface area contributed by atoms with Gasteiger partial charge in [-0.2, -0.15) is 0 Å². The molecule has 1 atom stereocenters. The summed E-state index contributed by atoms with van der Waals surface area (Å²) in [5.74, 6) is -0.697. The van der Waals surface area contributed by atoms with Gasteiger partial charge >= 0.3 is 0 Å². The molecule has 0 bridgehead atoms. The van der Waals surface area contributed by atoms with Crippen LogP contribution < -0.4 is 10.0 Å². The first-order chi connectivity index (χ1) is 14.7. The van der Waals surface area contributed by atoms with E-state index in [2.05, 4.69) is 10.0 Å². The molecule has 8 heteroatoms. The maximum Gasteiger partial charge on any atom is 0.232 e. The molecule has 1 fully saturated rings. The average molecular weight is 444 g/mol. The molecule has 166 valence electrons. The number of anilines is 2. The van der Waals surface area contributed by atoms with Crippen LogP contribution in [0.25, 0.3) is 0 Å². The van der Waals surface area contributed by atoms with E-state index in [4.69, 9.17) is 0 Å². The Morgan fingerprint density at radius 1 is 1.10 bits per heavy atom. The molecule has 2 amide bonds. The molecule has 31 heavy (non-hydrogen) atoms. The largest absolute Gasteiger partial charge is 0.338 e. The summed E-state index contributed by atoms with van der Waals surface area (Å²) in [6.45, 7) is 6.41. The van der Waals surface area contributed by atoms with Gasteiger partial charge in [-0.05, 0) is 43.5 Å². The topological polar surface area (TPSA) is 95.6 Å². The minimum absolute atomic E-state index is 0.0318. The van der Waals surface area contributed by atoms with Crippen molar-refractivity contribution in [2.24, 2.45) is 5.92 Å². The fraction of sp³-hybridized carbons (Fsp3) is 0.391. The minimum Gasteiger partial charge on any atom is -0.338 e. The van der Waals surface area contributed by atoms with Crippen LogP contribution in [0.4, 0.5) is 11.4 Å². The molecule has 0 aliphatic carbocycles. The molecule has 2 aromatic carbocycles. The first-order valence-electron chi connectivity index (χ1n) is 10.4. The number of nitrogens with one attached hydrogen (secondary N) is 2. The van der Waals surface area contributed by atoms with Gasteiger partial charge in [-0.1, -0.05) is 42.8 Å². The summed E-state index contributed by atoms with van der Waals surface area (Å²) in [7, 11) is -3.43. The van der Waals surface area contributed by atoms with Crippen molar-refractivity contribution in [3.63, 3.8) is 0 Å². The van der Waals surface area contributed by atoms with Gasteiger partial charge in [-0.15, -0.1) is 0 Å². The van der Waals surface area contributed by atoms with E-state index in [0.717, 1.165) is 11.1 Å². The maximum absolute atomic E-state index is 12.8. The number of benzene rings is 2. The first kappa shape index (κ1) is 22.8. The van der Waals surface area contributed by atoms with Crippen LogP contribution in [-0.4, -0.2) is 37.4 Å². The normalized spacial score (nSPS) is 16.4. The zero-order valence-corrected chi connectivity index (χ0v) is 19.0. The van der Waals surface area contributed by atoms with E-state index in [0.29, 0.717) is 36.4 Å². The quantitative estimate of drug-likeness (QED) is 0.653. The lowest BCUT2D eigenvalue weighted by Gasteiger charge is -2.18. The average Bonchev–Trinajstić information content (AvgIpc) is 3.07. The van der Waals surface area contributed by atoms with Crippen molar-refractivity contribution in [3.05, 3.63) is 59.2 Å². The molecule has 0 aromatic heterocycles. The molecular formula is C23H29N3O4S. The molecule has 1 saturated heterocycles. The Morgan fingerprint density at radius 3 is 2.45 bits per heavy atom. The van der Waals surface area contributed by atoms with Crippen LogP contribution >= 0.6 is 0 Å². The standard InChI is InChI=1S/C23H29N3O4S/c1-4-12-31(29,30)25-21-7-5-6-20(17(21)3)24-23(28)19-13-22(27)26(15-19)14-18-10-8-16(2)9-11-18/h5-11,19,25H,4,12-15H2,1-3H3,(H,24,28). The molecule has 1 aliphatic heterocycles. The fourth-order valence-corrected chi connectivity index (χ4v) is 4.81. The van der Waals surface area contributed by atoms with E-state index in [1.165, 1.54) is 0 Å². The van der Waals surface area contributed by atoms with Gasteiger partial charge in [-0.25, -0.2) is 8.42 Å². The zero-order valence-electron chi connectivity index (χ0n) is 18.1. The number of carbonyl (C=O) groups excluding carboxylic acids is 2. The number of amides is 2. The third kappa shape index (κ3) is 5.85. The minimum atomic E-state index is -3.43. The van der Waals surface area contributed by atoms with Crippen LogP contribution in [0.15, 0.2) is 42.5 Å². The SMILES string of the molecule is CCCS(=O)(=O)Nc1cccc(NC(=O)C2CC(=O)N(Cc3ccc(C)cc3)C2)c1C. The zero-order chi connectivity index (χ0) is 22.6. The molecule has 1 unspecified atom stereocenters. The Morgan fingerprint density at radius 2 is 1.77 bits per heavy atom. The van der Waals surface area contributed by atoms with Crippen LogP contribution in [0.3, 0.4) is 0 Å². The van der Waals surface area contributed by atoms with E-state index >= 15 is 0 Å². The van der Waals surface area contributed by atoms with E-state index in [9.17, 15) is 18.0 Å². The summed E-state index contributed by atoms with van der Waals surface area (Å²) in [6.07, 6.45) is 0.680. The number of likely N-dealkylation sites (tertiary alicyclic amines) is 1. The summed E-state index contributed by atoms with van der Waals surface area (Å²) < 4.78 is 26.8. The highest BCUT2D eigenvalue weighted by molar-refractivity contribution is 7.92. The number of rotatable bonds is 8. The van der Waals surface area contributed by atoms with Crippen molar-refractivity contribution in [2.75, 3.05) is 22.3 Å². The predicted molar refractivity (Wildman–Crippen MR) is 122 cm³/mol. The number of hydrogen-bond acceptors (Lipinski definition) is 4. The molecular weight excluding hydrogens is 414 g/mol. The molecule has 3 rings (SSSR count). The van der Waals surface area contributed by atoms with Crippen molar-refractivity contribution >= 4 is 33.2 Å².